The summed E-state index contributed by atoms with van der Waals surface area (Å²) in [7, 11) is 1.93. The van der Waals surface area contributed by atoms with Gasteiger partial charge in [-0.15, -0.1) is 0 Å². The van der Waals surface area contributed by atoms with Crippen LogP contribution in [0.4, 0.5) is 0 Å². The number of hydrogen-bond acceptors (Lipinski definition) is 1. The van der Waals surface area contributed by atoms with Gasteiger partial charge in [0.15, 0.2) is 0 Å². The first-order chi connectivity index (χ1) is 17.3. The quantitative estimate of drug-likeness (QED) is 0.365. The normalized spacial score (nSPS) is 58.4. The lowest BCUT2D eigenvalue weighted by atomic mass is 9.31. The molecule has 0 aromatic rings. The van der Waals surface area contributed by atoms with E-state index in [4.69, 9.17) is 4.74 Å². The minimum absolute atomic E-state index is 0.454. The van der Waals surface area contributed by atoms with E-state index in [9.17, 15) is 0 Å². The lowest BCUT2D eigenvalue weighted by Gasteiger charge is -2.73. The fourth-order valence-electron chi connectivity index (χ4n) is 14.1. The molecule has 37 heavy (non-hydrogen) atoms. The van der Waals surface area contributed by atoms with Crippen LogP contribution in [0.5, 0.6) is 0 Å². The minimum atomic E-state index is 0.454. The Morgan fingerprint density at radius 1 is 0.730 bits per heavy atom. The molecular weight excluding hydrogens is 448 g/mol. The van der Waals surface area contributed by atoms with Crippen LogP contribution < -0.4 is 0 Å². The topological polar surface area (TPSA) is 9.23 Å². The van der Waals surface area contributed by atoms with Gasteiger partial charge in [0.05, 0.1) is 6.10 Å². The number of fused-ring (bicyclic) bond motifs is 3. The first-order valence-corrected chi connectivity index (χ1v) is 16.8. The van der Waals surface area contributed by atoms with Crippen LogP contribution in [0.25, 0.3) is 0 Å². The van der Waals surface area contributed by atoms with Gasteiger partial charge in [-0.3, -0.25) is 0 Å². The third kappa shape index (κ3) is 4.15. The van der Waals surface area contributed by atoms with Crippen LogP contribution in [0.3, 0.4) is 0 Å². The fourth-order valence-corrected chi connectivity index (χ4v) is 14.1. The van der Waals surface area contributed by atoms with Crippen molar-refractivity contribution >= 4 is 0 Å². The van der Waals surface area contributed by atoms with E-state index in [0.29, 0.717) is 22.3 Å². The minimum Gasteiger partial charge on any atom is -0.381 e. The number of rotatable bonds is 3. The molecule has 5 fully saturated rings. The second-order valence-electron chi connectivity index (χ2n) is 17.1. The van der Waals surface area contributed by atoms with Crippen LogP contribution in [-0.4, -0.2) is 13.2 Å². The van der Waals surface area contributed by atoms with Crippen molar-refractivity contribution in [3.8, 4) is 0 Å². The molecule has 0 amide bonds. The van der Waals surface area contributed by atoms with Gasteiger partial charge in [0.2, 0.25) is 0 Å². The predicted octanol–water partition coefficient (Wildman–Crippen LogP) is 10.1. The maximum Gasteiger partial charge on any atom is 0.0571 e. The average Bonchev–Trinajstić information content (AvgIpc) is 2.81. The van der Waals surface area contributed by atoms with Gasteiger partial charge in [-0.25, -0.2) is 0 Å². The molecule has 0 aliphatic heterocycles. The molecule has 0 aromatic carbocycles. The monoisotopic (exact) mass is 512 g/mol. The average molecular weight is 513 g/mol. The van der Waals surface area contributed by atoms with E-state index in [2.05, 4.69) is 69.2 Å². The van der Waals surface area contributed by atoms with Crippen LogP contribution in [0.1, 0.15) is 127 Å². The van der Waals surface area contributed by atoms with Gasteiger partial charge in [-0.1, -0.05) is 75.7 Å². The van der Waals surface area contributed by atoms with Crippen molar-refractivity contribution in [2.45, 2.75) is 133 Å². The Labute approximate surface area is 232 Å². The first-order valence-electron chi connectivity index (χ1n) is 16.8. The molecule has 214 valence electrons. The predicted molar refractivity (Wildman–Crippen MR) is 158 cm³/mol. The van der Waals surface area contributed by atoms with Crippen molar-refractivity contribution in [3.05, 3.63) is 0 Å². The highest BCUT2D eigenvalue weighted by atomic mass is 16.5. The maximum atomic E-state index is 5.78. The summed E-state index contributed by atoms with van der Waals surface area (Å²) in [6, 6.07) is 0. The van der Waals surface area contributed by atoms with Gasteiger partial charge >= 0.3 is 0 Å². The van der Waals surface area contributed by atoms with E-state index in [1.165, 1.54) is 57.8 Å². The highest BCUT2D eigenvalue weighted by molar-refractivity contribution is 5.17. The van der Waals surface area contributed by atoms with Gasteiger partial charge in [0, 0.05) is 7.11 Å². The van der Waals surface area contributed by atoms with Gasteiger partial charge in [0.25, 0.3) is 0 Å². The van der Waals surface area contributed by atoms with E-state index < -0.39 is 0 Å². The van der Waals surface area contributed by atoms with E-state index in [1.54, 1.807) is 0 Å². The molecule has 0 aromatic heterocycles. The summed E-state index contributed by atoms with van der Waals surface area (Å²) in [6.07, 6.45) is 13.4. The largest absolute Gasteiger partial charge is 0.381 e. The zero-order valence-corrected chi connectivity index (χ0v) is 26.8. The molecule has 1 nitrogen and oxygen atoms in total. The SMILES string of the molecule is COC1CCC(C2CCC(C)C3C(C)C4C(C)C5(C)C(C)C(C(C)C)C(C)CC5(C)CC4(C)CC23)CC1. The second kappa shape index (κ2) is 9.80. The Balaban J connectivity index is 1.49. The molecule has 5 rings (SSSR count). The lowest BCUT2D eigenvalue weighted by Crippen LogP contribution is -2.67. The molecule has 13 atom stereocenters. The number of methoxy groups -OCH3 is 1. The Kier molecular flexibility index (Phi) is 7.55. The highest BCUT2D eigenvalue weighted by Gasteiger charge is 2.68. The van der Waals surface area contributed by atoms with Crippen LogP contribution in [0, 0.1) is 87.3 Å². The molecule has 1 heteroatoms. The molecule has 5 aliphatic rings. The lowest BCUT2D eigenvalue weighted by molar-refractivity contribution is -0.249. The van der Waals surface area contributed by atoms with Crippen LogP contribution in [0.2, 0.25) is 0 Å². The summed E-state index contributed by atoms with van der Waals surface area (Å²) in [5.41, 5.74) is 1.44. The van der Waals surface area contributed by atoms with E-state index in [0.717, 1.165) is 71.0 Å². The molecular formula is C36H64O. The van der Waals surface area contributed by atoms with Crippen LogP contribution in [0.15, 0.2) is 0 Å². The molecule has 5 aliphatic carbocycles. The first kappa shape index (κ1) is 28.5. The molecule has 0 saturated heterocycles. The Morgan fingerprint density at radius 2 is 1.38 bits per heavy atom. The smallest absolute Gasteiger partial charge is 0.0571 e. The highest BCUT2D eigenvalue weighted by Crippen LogP contribution is 2.75. The van der Waals surface area contributed by atoms with Gasteiger partial charge in [0.1, 0.15) is 0 Å². The molecule has 0 bridgehead atoms. The van der Waals surface area contributed by atoms with Crippen molar-refractivity contribution < 1.29 is 4.74 Å². The van der Waals surface area contributed by atoms with Gasteiger partial charge < -0.3 is 4.74 Å². The Hall–Kier alpha value is -0.0400. The van der Waals surface area contributed by atoms with Crippen LogP contribution in [-0.2, 0) is 4.74 Å². The Bertz CT molecular complexity index is 809. The van der Waals surface area contributed by atoms with Crippen molar-refractivity contribution in [2.75, 3.05) is 7.11 Å². The van der Waals surface area contributed by atoms with Crippen molar-refractivity contribution in [3.63, 3.8) is 0 Å². The third-order valence-corrected chi connectivity index (χ3v) is 15.3. The van der Waals surface area contributed by atoms with Crippen molar-refractivity contribution in [1.82, 2.24) is 0 Å². The van der Waals surface area contributed by atoms with Gasteiger partial charge in [-0.05, 0) is 139 Å². The van der Waals surface area contributed by atoms with Crippen LogP contribution >= 0.6 is 0 Å². The summed E-state index contributed by atoms with van der Waals surface area (Å²) in [5, 5.41) is 0. The van der Waals surface area contributed by atoms with Crippen molar-refractivity contribution in [2.24, 2.45) is 87.3 Å². The van der Waals surface area contributed by atoms with Crippen molar-refractivity contribution in [1.29, 1.82) is 0 Å². The van der Waals surface area contributed by atoms with E-state index >= 15 is 0 Å². The number of ether oxygens (including phenoxy) is 1. The third-order valence-electron chi connectivity index (χ3n) is 15.3. The summed E-state index contributed by atoms with van der Waals surface area (Å²) in [5.74, 6) is 10.7. The van der Waals surface area contributed by atoms with Gasteiger partial charge in [-0.2, -0.15) is 0 Å². The summed E-state index contributed by atoms with van der Waals surface area (Å²) < 4.78 is 5.78. The summed E-state index contributed by atoms with van der Waals surface area (Å²) in [4.78, 5) is 0. The standard InChI is InChI=1S/C36H64O/c1-21(2)31-23(4)18-35(9)20-34(8)19-30-29(27-13-15-28(37-11)16-14-27)17-12-22(3)32(30)24(5)33(34)26(7)36(35,10)25(31)6/h21-33H,12-20H2,1-11H3. The summed E-state index contributed by atoms with van der Waals surface area (Å²) in [6.45, 7) is 26.8. The molecule has 0 spiro atoms. The van der Waals surface area contributed by atoms with E-state index in [1.807, 2.05) is 7.11 Å². The number of hydrogen-bond donors (Lipinski definition) is 0. The Morgan fingerprint density at radius 3 is 1.97 bits per heavy atom. The summed E-state index contributed by atoms with van der Waals surface area (Å²) >= 11 is 0. The molecule has 0 N–H and O–H groups in total. The molecule has 0 radical (unpaired) electrons. The molecule has 0 heterocycles. The fraction of sp³-hybridized carbons (Fsp3) is 1.00. The molecule has 5 saturated carbocycles. The van der Waals surface area contributed by atoms with E-state index in [-0.39, 0.29) is 0 Å². The maximum absolute atomic E-state index is 5.78. The second-order valence-corrected chi connectivity index (χ2v) is 17.1. The molecule has 13 unspecified atom stereocenters. The zero-order chi connectivity index (χ0) is 27.1. The zero-order valence-electron chi connectivity index (χ0n) is 26.8.